The number of methoxy groups -OCH3 is 2. The third-order valence-electron chi connectivity index (χ3n) is 5.37. The van der Waals surface area contributed by atoms with E-state index in [1.165, 1.54) is 0 Å². The van der Waals surface area contributed by atoms with Crippen molar-refractivity contribution >= 4 is 44.8 Å². The molecule has 0 spiro atoms. The maximum absolute atomic E-state index is 11.8. The molecule has 3 heterocycles. The Bertz CT molecular complexity index is 1080. The average Bonchev–Trinajstić information content (AvgIpc) is 3.34. The minimum absolute atomic E-state index is 0.00181. The number of carbonyl (C=O) groups is 1. The lowest BCUT2D eigenvalue weighted by molar-refractivity contribution is 0.112. The number of ether oxygens (including phenoxy) is 2. The van der Waals surface area contributed by atoms with Crippen molar-refractivity contribution < 1.29 is 14.3 Å². The Hall–Kier alpha value is -2.36. The van der Waals surface area contributed by atoms with E-state index in [0.29, 0.717) is 24.3 Å². The molecule has 0 bridgehead atoms. The first-order chi connectivity index (χ1) is 14.6. The number of pyridine rings is 1. The van der Waals surface area contributed by atoms with Crippen LogP contribution in [0.25, 0.3) is 11.0 Å². The van der Waals surface area contributed by atoms with Crippen molar-refractivity contribution in [2.75, 3.05) is 38.9 Å². The van der Waals surface area contributed by atoms with Gasteiger partial charge >= 0.3 is 0 Å². The zero-order valence-corrected chi connectivity index (χ0v) is 18.8. The molecule has 1 aliphatic rings. The molecule has 0 N–H and O–H groups in total. The third kappa shape index (κ3) is 3.73. The van der Waals surface area contributed by atoms with E-state index >= 15 is 0 Å². The molecule has 30 heavy (non-hydrogen) atoms. The summed E-state index contributed by atoms with van der Waals surface area (Å²) in [6, 6.07) is 5.90. The number of aldehydes is 1. The predicted molar refractivity (Wildman–Crippen MR) is 118 cm³/mol. The molecule has 9 heteroatoms. The van der Waals surface area contributed by atoms with E-state index in [0.717, 1.165) is 58.4 Å². The molecule has 0 radical (unpaired) electrons. The Morgan fingerprint density at radius 3 is 2.83 bits per heavy atom. The predicted octanol–water partition coefficient (Wildman–Crippen LogP) is 3.63. The largest absolute Gasteiger partial charge is 0.385 e. The van der Waals surface area contributed by atoms with Crippen molar-refractivity contribution in [1.29, 1.82) is 0 Å². The Balaban J connectivity index is 1.83. The molecule has 0 aliphatic carbocycles. The van der Waals surface area contributed by atoms with Crippen LogP contribution in [0.15, 0.2) is 22.7 Å². The molecular weight excluding hydrogens is 450 g/mol. The van der Waals surface area contributed by atoms with Crippen LogP contribution in [-0.4, -0.2) is 60.2 Å². The van der Waals surface area contributed by atoms with E-state index in [2.05, 4.69) is 37.2 Å². The van der Waals surface area contributed by atoms with Gasteiger partial charge in [-0.2, -0.15) is 0 Å². The van der Waals surface area contributed by atoms with Crippen molar-refractivity contribution in [3.05, 3.63) is 39.5 Å². The molecule has 0 saturated heterocycles. The van der Waals surface area contributed by atoms with Crippen molar-refractivity contribution in [2.24, 2.45) is 0 Å². The monoisotopic (exact) mass is 473 g/mol. The lowest BCUT2D eigenvalue weighted by Gasteiger charge is -2.21. The highest BCUT2D eigenvalue weighted by Crippen LogP contribution is 2.40. The molecule has 2 aromatic heterocycles. The number of hydrogen-bond acceptors (Lipinski definition) is 7. The third-order valence-corrected chi connectivity index (χ3v) is 5.83. The van der Waals surface area contributed by atoms with Gasteiger partial charge in [-0.05, 0) is 43.5 Å². The molecule has 0 saturated carbocycles. The summed E-state index contributed by atoms with van der Waals surface area (Å²) in [5.74, 6) is 0.725. The van der Waals surface area contributed by atoms with Crippen molar-refractivity contribution in [2.45, 2.75) is 25.8 Å². The molecular formula is C21H24BrN5O3. The maximum atomic E-state index is 11.8. The second-order valence-electron chi connectivity index (χ2n) is 7.40. The van der Waals surface area contributed by atoms with Gasteiger partial charge in [-0.15, -0.1) is 5.10 Å². The van der Waals surface area contributed by atoms with E-state index in [1.54, 1.807) is 14.2 Å². The van der Waals surface area contributed by atoms with Crippen LogP contribution in [0.4, 0.5) is 11.5 Å². The second-order valence-corrected chi connectivity index (χ2v) is 8.32. The zero-order chi connectivity index (χ0) is 21.3. The smallest absolute Gasteiger partial charge is 0.163 e. The number of halogens is 1. The van der Waals surface area contributed by atoms with Gasteiger partial charge in [-0.1, -0.05) is 21.1 Å². The van der Waals surface area contributed by atoms with Gasteiger partial charge < -0.3 is 14.4 Å². The highest BCUT2D eigenvalue weighted by molar-refractivity contribution is 9.10. The van der Waals surface area contributed by atoms with Gasteiger partial charge in [0, 0.05) is 43.1 Å². The molecule has 1 atom stereocenters. The van der Waals surface area contributed by atoms with Gasteiger partial charge in [0.1, 0.15) is 0 Å². The Morgan fingerprint density at radius 2 is 2.10 bits per heavy atom. The van der Waals surface area contributed by atoms with Crippen LogP contribution < -0.4 is 4.90 Å². The van der Waals surface area contributed by atoms with E-state index in [9.17, 15) is 4.79 Å². The second kappa shape index (κ2) is 8.79. The maximum Gasteiger partial charge on any atom is 0.163 e. The molecule has 4 rings (SSSR count). The fourth-order valence-corrected chi connectivity index (χ4v) is 4.59. The fourth-order valence-electron chi connectivity index (χ4n) is 4.07. The summed E-state index contributed by atoms with van der Waals surface area (Å²) >= 11 is 3.50. The summed E-state index contributed by atoms with van der Waals surface area (Å²) in [5, 5.41) is 8.92. The van der Waals surface area contributed by atoms with Crippen molar-refractivity contribution in [1.82, 2.24) is 20.0 Å². The SMILES string of the molecule is COCCC(COC)n1nnc2c(N3CCc4cc(Br)cc(C=O)c43)nc(C)cc21. The van der Waals surface area contributed by atoms with Gasteiger partial charge in [0.2, 0.25) is 0 Å². The number of hydrogen-bond donors (Lipinski definition) is 0. The van der Waals surface area contributed by atoms with E-state index in [1.807, 2.05) is 23.7 Å². The fraction of sp³-hybridized carbons (Fsp3) is 0.429. The summed E-state index contributed by atoms with van der Waals surface area (Å²) in [4.78, 5) is 18.6. The Labute approximate surface area is 183 Å². The molecule has 1 aromatic carbocycles. The summed E-state index contributed by atoms with van der Waals surface area (Å²) in [7, 11) is 3.36. The number of aromatic nitrogens is 4. The molecule has 1 unspecified atom stereocenters. The molecule has 3 aromatic rings. The summed E-state index contributed by atoms with van der Waals surface area (Å²) in [6.07, 6.45) is 2.49. The molecule has 0 fully saturated rings. The molecule has 158 valence electrons. The van der Waals surface area contributed by atoms with Crippen LogP contribution in [0.1, 0.15) is 34.1 Å². The van der Waals surface area contributed by atoms with E-state index in [-0.39, 0.29) is 6.04 Å². The van der Waals surface area contributed by atoms with Crippen molar-refractivity contribution in [3.8, 4) is 0 Å². The topological polar surface area (TPSA) is 82.4 Å². The lowest BCUT2D eigenvalue weighted by Crippen LogP contribution is -2.19. The number of anilines is 2. The molecule has 0 amide bonds. The van der Waals surface area contributed by atoms with Crippen LogP contribution >= 0.6 is 15.9 Å². The number of aryl methyl sites for hydroxylation is 1. The van der Waals surface area contributed by atoms with E-state index in [4.69, 9.17) is 14.5 Å². The molecule has 8 nitrogen and oxygen atoms in total. The van der Waals surface area contributed by atoms with Crippen LogP contribution in [0, 0.1) is 6.92 Å². The summed E-state index contributed by atoms with van der Waals surface area (Å²) in [6.45, 7) is 3.80. The number of rotatable bonds is 8. The minimum Gasteiger partial charge on any atom is -0.385 e. The molecule has 1 aliphatic heterocycles. The average molecular weight is 474 g/mol. The summed E-state index contributed by atoms with van der Waals surface area (Å²) < 4.78 is 13.5. The van der Waals surface area contributed by atoms with Crippen LogP contribution in [0.5, 0.6) is 0 Å². The normalized spacial score (nSPS) is 14.3. The quantitative estimate of drug-likeness (QED) is 0.461. The van der Waals surface area contributed by atoms with Crippen molar-refractivity contribution in [3.63, 3.8) is 0 Å². The van der Waals surface area contributed by atoms with Gasteiger partial charge in [0.05, 0.1) is 23.9 Å². The highest BCUT2D eigenvalue weighted by atomic mass is 79.9. The van der Waals surface area contributed by atoms with E-state index < -0.39 is 0 Å². The van der Waals surface area contributed by atoms with Gasteiger partial charge in [-0.3, -0.25) is 4.79 Å². The van der Waals surface area contributed by atoms with Gasteiger partial charge in [0.25, 0.3) is 0 Å². The highest BCUT2D eigenvalue weighted by Gasteiger charge is 2.29. The lowest BCUT2D eigenvalue weighted by atomic mass is 10.1. The Morgan fingerprint density at radius 1 is 1.27 bits per heavy atom. The zero-order valence-electron chi connectivity index (χ0n) is 17.3. The number of fused-ring (bicyclic) bond motifs is 2. The first-order valence-electron chi connectivity index (χ1n) is 9.83. The standard InChI is InChI=1S/C21H24BrN5O3/c1-13-8-18-19(24-25-27(18)17(12-30-3)5-7-29-2)21(23-13)26-6-4-14-9-16(22)10-15(11-28)20(14)26/h8-11,17H,4-7,12H2,1-3H3. The van der Waals surface area contributed by atoms with Gasteiger partial charge in [-0.25, -0.2) is 9.67 Å². The number of nitrogens with zero attached hydrogens (tertiary/aromatic N) is 5. The number of benzene rings is 1. The minimum atomic E-state index is 0.00181. The first kappa shape index (κ1) is 20.9. The van der Waals surface area contributed by atoms with Crippen LogP contribution in [0.2, 0.25) is 0 Å². The number of carbonyl (C=O) groups excluding carboxylic acids is 1. The Kier molecular flexibility index (Phi) is 6.12. The first-order valence-corrected chi connectivity index (χ1v) is 10.6. The van der Waals surface area contributed by atoms with Crippen LogP contribution in [0.3, 0.4) is 0 Å². The summed E-state index contributed by atoms with van der Waals surface area (Å²) in [5.41, 5.74) is 5.13. The van der Waals surface area contributed by atoms with Crippen LogP contribution in [-0.2, 0) is 15.9 Å². The van der Waals surface area contributed by atoms with Gasteiger partial charge in [0.15, 0.2) is 17.6 Å².